The molecule has 0 fully saturated rings. The molecule has 1 atom stereocenters. The summed E-state index contributed by atoms with van der Waals surface area (Å²) in [5.74, 6) is -0.381. The zero-order valence-electron chi connectivity index (χ0n) is 10.7. The Balaban J connectivity index is 2.21. The van der Waals surface area contributed by atoms with Crippen LogP contribution in [0.5, 0.6) is 0 Å². The minimum absolute atomic E-state index is 0.0565. The van der Waals surface area contributed by atoms with Crippen molar-refractivity contribution < 1.29 is 4.39 Å². The summed E-state index contributed by atoms with van der Waals surface area (Å²) >= 11 is 5.72. The number of aromatic nitrogens is 1. The molecule has 0 aliphatic rings. The van der Waals surface area contributed by atoms with Crippen molar-refractivity contribution >= 4 is 11.6 Å². The Kier molecular flexibility index (Phi) is 4.88. The van der Waals surface area contributed by atoms with E-state index in [1.54, 1.807) is 12.3 Å². The standard InChI is InChI=1S/C15H16ClFN2/c1-2-19-15(8-11-4-3-7-18-10-11)12-5-6-13(16)14(17)9-12/h3-7,9-10,15,19H,2,8H2,1H3. The molecule has 0 saturated carbocycles. The molecule has 0 radical (unpaired) electrons. The first-order valence-electron chi connectivity index (χ1n) is 6.28. The van der Waals surface area contributed by atoms with Gasteiger partial charge in [-0.25, -0.2) is 4.39 Å². The van der Waals surface area contributed by atoms with Crippen LogP contribution in [0.3, 0.4) is 0 Å². The number of likely N-dealkylation sites (N-methyl/N-ethyl adjacent to an activating group) is 1. The van der Waals surface area contributed by atoms with Crippen LogP contribution in [-0.4, -0.2) is 11.5 Å². The van der Waals surface area contributed by atoms with E-state index in [-0.39, 0.29) is 16.9 Å². The summed E-state index contributed by atoms with van der Waals surface area (Å²) in [7, 11) is 0. The summed E-state index contributed by atoms with van der Waals surface area (Å²) in [6.07, 6.45) is 4.34. The number of hydrogen-bond acceptors (Lipinski definition) is 2. The second kappa shape index (κ2) is 6.64. The van der Waals surface area contributed by atoms with Gasteiger partial charge >= 0.3 is 0 Å². The smallest absolute Gasteiger partial charge is 0.142 e. The Morgan fingerprint density at radius 3 is 2.84 bits per heavy atom. The van der Waals surface area contributed by atoms with E-state index in [1.165, 1.54) is 6.07 Å². The van der Waals surface area contributed by atoms with Gasteiger partial charge in [0, 0.05) is 18.4 Å². The fraction of sp³-hybridized carbons (Fsp3) is 0.267. The second-order valence-electron chi connectivity index (χ2n) is 4.35. The first kappa shape index (κ1) is 14.0. The van der Waals surface area contributed by atoms with Gasteiger partial charge < -0.3 is 5.32 Å². The highest BCUT2D eigenvalue weighted by Gasteiger charge is 2.13. The normalized spacial score (nSPS) is 12.4. The molecule has 1 unspecified atom stereocenters. The molecule has 1 N–H and O–H groups in total. The van der Waals surface area contributed by atoms with E-state index < -0.39 is 0 Å². The lowest BCUT2D eigenvalue weighted by Crippen LogP contribution is -2.23. The van der Waals surface area contributed by atoms with Crippen molar-refractivity contribution in [1.29, 1.82) is 0 Å². The Labute approximate surface area is 117 Å². The lowest BCUT2D eigenvalue weighted by Gasteiger charge is -2.18. The van der Waals surface area contributed by atoms with Crippen molar-refractivity contribution in [3.8, 4) is 0 Å². The van der Waals surface area contributed by atoms with Gasteiger partial charge in [-0.2, -0.15) is 0 Å². The minimum atomic E-state index is -0.381. The van der Waals surface area contributed by atoms with Crippen LogP contribution in [0.1, 0.15) is 24.1 Å². The van der Waals surface area contributed by atoms with Crippen molar-refractivity contribution in [2.75, 3.05) is 6.54 Å². The van der Waals surface area contributed by atoms with E-state index in [2.05, 4.69) is 10.3 Å². The van der Waals surface area contributed by atoms with E-state index in [9.17, 15) is 4.39 Å². The zero-order chi connectivity index (χ0) is 13.7. The van der Waals surface area contributed by atoms with Gasteiger partial charge in [-0.1, -0.05) is 30.7 Å². The Morgan fingerprint density at radius 2 is 2.21 bits per heavy atom. The van der Waals surface area contributed by atoms with Gasteiger partial charge in [0.05, 0.1) is 5.02 Å². The van der Waals surface area contributed by atoms with E-state index >= 15 is 0 Å². The van der Waals surface area contributed by atoms with Gasteiger partial charge in [0.1, 0.15) is 5.82 Å². The number of nitrogens with one attached hydrogen (secondary N) is 1. The highest BCUT2D eigenvalue weighted by Crippen LogP contribution is 2.22. The molecule has 0 bridgehead atoms. The molecule has 0 spiro atoms. The number of nitrogens with zero attached hydrogens (tertiary/aromatic N) is 1. The molecule has 2 nitrogen and oxygen atoms in total. The first-order valence-corrected chi connectivity index (χ1v) is 6.65. The van der Waals surface area contributed by atoms with E-state index in [4.69, 9.17) is 11.6 Å². The lowest BCUT2D eigenvalue weighted by atomic mass is 9.99. The minimum Gasteiger partial charge on any atom is -0.310 e. The molecule has 0 amide bonds. The SMILES string of the molecule is CCNC(Cc1cccnc1)c1ccc(Cl)c(F)c1. The van der Waals surface area contributed by atoms with Crippen LogP contribution in [0.15, 0.2) is 42.7 Å². The molecule has 100 valence electrons. The molecule has 0 aliphatic heterocycles. The molecular weight excluding hydrogens is 263 g/mol. The quantitative estimate of drug-likeness (QED) is 0.901. The molecule has 1 heterocycles. The largest absolute Gasteiger partial charge is 0.310 e. The Morgan fingerprint density at radius 1 is 1.37 bits per heavy atom. The van der Waals surface area contributed by atoms with Gasteiger partial charge in [0.15, 0.2) is 0 Å². The van der Waals surface area contributed by atoms with Gasteiger partial charge in [-0.05, 0) is 42.3 Å². The van der Waals surface area contributed by atoms with Gasteiger partial charge in [0.2, 0.25) is 0 Å². The van der Waals surface area contributed by atoms with Crippen LogP contribution < -0.4 is 5.32 Å². The van der Waals surface area contributed by atoms with Gasteiger partial charge in [-0.15, -0.1) is 0 Å². The molecule has 1 aromatic carbocycles. The molecule has 2 aromatic rings. The molecule has 19 heavy (non-hydrogen) atoms. The van der Waals surface area contributed by atoms with Crippen molar-refractivity contribution in [3.05, 3.63) is 64.7 Å². The Bertz CT molecular complexity index is 531. The first-order chi connectivity index (χ1) is 9.20. The average molecular weight is 279 g/mol. The summed E-state index contributed by atoms with van der Waals surface area (Å²) in [6.45, 7) is 2.84. The number of pyridine rings is 1. The molecule has 4 heteroatoms. The fourth-order valence-corrected chi connectivity index (χ4v) is 2.16. The topological polar surface area (TPSA) is 24.9 Å². The second-order valence-corrected chi connectivity index (χ2v) is 4.76. The molecule has 1 aromatic heterocycles. The number of rotatable bonds is 5. The van der Waals surface area contributed by atoms with Gasteiger partial charge in [-0.3, -0.25) is 4.98 Å². The fourth-order valence-electron chi connectivity index (χ4n) is 2.04. The highest BCUT2D eigenvalue weighted by molar-refractivity contribution is 6.30. The number of benzene rings is 1. The van der Waals surface area contributed by atoms with E-state index in [0.717, 1.165) is 24.1 Å². The predicted molar refractivity (Wildman–Crippen MR) is 75.8 cm³/mol. The van der Waals surface area contributed by atoms with Crippen LogP contribution >= 0.6 is 11.6 Å². The van der Waals surface area contributed by atoms with Crippen molar-refractivity contribution in [2.45, 2.75) is 19.4 Å². The Hall–Kier alpha value is -1.45. The van der Waals surface area contributed by atoms with Crippen molar-refractivity contribution in [2.24, 2.45) is 0 Å². The van der Waals surface area contributed by atoms with Gasteiger partial charge in [0.25, 0.3) is 0 Å². The van der Waals surface area contributed by atoms with Crippen LogP contribution in [0, 0.1) is 5.82 Å². The molecule has 2 rings (SSSR count). The van der Waals surface area contributed by atoms with Crippen LogP contribution in [0.25, 0.3) is 0 Å². The maximum Gasteiger partial charge on any atom is 0.142 e. The number of halogens is 2. The summed E-state index contributed by atoms with van der Waals surface area (Å²) < 4.78 is 13.5. The maximum absolute atomic E-state index is 13.5. The summed E-state index contributed by atoms with van der Waals surface area (Å²) in [5.41, 5.74) is 2.01. The maximum atomic E-state index is 13.5. The van der Waals surface area contributed by atoms with Crippen LogP contribution in [0.2, 0.25) is 5.02 Å². The average Bonchev–Trinajstić information content (AvgIpc) is 2.43. The summed E-state index contributed by atoms with van der Waals surface area (Å²) in [5, 5.41) is 3.51. The van der Waals surface area contributed by atoms with E-state index in [0.29, 0.717) is 0 Å². The third-order valence-electron chi connectivity index (χ3n) is 2.96. The summed E-state index contributed by atoms with van der Waals surface area (Å²) in [4.78, 5) is 4.10. The molecule has 0 saturated heterocycles. The summed E-state index contributed by atoms with van der Waals surface area (Å²) in [6, 6.07) is 8.92. The monoisotopic (exact) mass is 278 g/mol. The highest BCUT2D eigenvalue weighted by atomic mass is 35.5. The lowest BCUT2D eigenvalue weighted by molar-refractivity contribution is 0.542. The third-order valence-corrected chi connectivity index (χ3v) is 3.27. The van der Waals surface area contributed by atoms with E-state index in [1.807, 2.05) is 31.3 Å². The van der Waals surface area contributed by atoms with Crippen LogP contribution in [-0.2, 0) is 6.42 Å². The zero-order valence-corrected chi connectivity index (χ0v) is 11.5. The van der Waals surface area contributed by atoms with Crippen LogP contribution in [0.4, 0.5) is 4.39 Å². The van der Waals surface area contributed by atoms with Crippen molar-refractivity contribution in [3.63, 3.8) is 0 Å². The number of hydrogen-bond donors (Lipinski definition) is 1. The molecular formula is C15H16ClFN2. The third kappa shape index (κ3) is 3.75. The molecule has 0 aliphatic carbocycles. The van der Waals surface area contributed by atoms with Crippen molar-refractivity contribution in [1.82, 2.24) is 10.3 Å². The predicted octanol–water partition coefficient (Wildman–Crippen LogP) is 3.77.